The molecule has 7 nitrogen and oxygen atoms in total. The maximum Gasteiger partial charge on any atom is 0.413 e. The summed E-state index contributed by atoms with van der Waals surface area (Å²) in [5.74, 6) is 1.49. The Morgan fingerprint density at radius 1 is 1.20 bits per heavy atom. The van der Waals surface area contributed by atoms with E-state index in [1.807, 2.05) is 26.0 Å². The van der Waals surface area contributed by atoms with Crippen LogP contribution in [0.1, 0.15) is 31.4 Å². The standard InChI is InChI=1S/C18H23N3O4/c1-5-24-18(23)21(4)15-9-7-14(8-10-15)20-17(22)19-13(3)16-11-6-12(2)25-16/h6-11,13H,5H2,1-4H3,(H2,19,20,22)/t13-/m0/s1. The van der Waals surface area contributed by atoms with Crippen LogP contribution >= 0.6 is 0 Å². The quantitative estimate of drug-likeness (QED) is 0.856. The van der Waals surface area contributed by atoms with Crippen LogP contribution in [0.2, 0.25) is 0 Å². The van der Waals surface area contributed by atoms with Crippen LogP contribution in [-0.2, 0) is 4.74 Å². The fraction of sp³-hybridized carbons (Fsp3) is 0.333. The maximum absolute atomic E-state index is 12.1. The minimum atomic E-state index is -0.427. The Balaban J connectivity index is 1.92. The number of nitrogens with zero attached hydrogens (tertiary/aromatic N) is 1. The van der Waals surface area contributed by atoms with Gasteiger partial charge in [0.15, 0.2) is 0 Å². The van der Waals surface area contributed by atoms with Crippen LogP contribution in [0, 0.1) is 6.92 Å². The van der Waals surface area contributed by atoms with E-state index in [0.717, 1.165) is 5.76 Å². The third-order valence-corrected chi connectivity index (χ3v) is 3.59. The van der Waals surface area contributed by atoms with Crippen molar-refractivity contribution in [3.63, 3.8) is 0 Å². The summed E-state index contributed by atoms with van der Waals surface area (Å²) in [6.45, 7) is 5.76. The lowest BCUT2D eigenvalue weighted by Crippen LogP contribution is -2.31. The number of anilines is 2. The molecule has 0 fully saturated rings. The average molecular weight is 345 g/mol. The molecule has 0 aliphatic heterocycles. The van der Waals surface area contributed by atoms with Gasteiger partial charge in [0.05, 0.1) is 12.6 Å². The van der Waals surface area contributed by atoms with Crippen LogP contribution in [-0.4, -0.2) is 25.8 Å². The zero-order chi connectivity index (χ0) is 18.4. The van der Waals surface area contributed by atoms with Crippen LogP contribution in [0.4, 0.5) is 21.0 Å². The predicted octanol–water partition coefficient (Wildman–Crippen LogP) is 4.06. The normalized spacial score (nSPS) is 11.5. The van der Waals surface area contributed by atoms with Gasteiger partial charge >= 0.3 is 12.1 Å². The third kappa shape index (κ3) is 5.00. The number of amides is 3. The van der Waals surface area contributed by atoms with E-state index in [4.69, 9.17) is 9.15 Å². The van der Waals surface area contributed by atoms with Gasteiger partial charge in [-0.15, -0.1) is 0 Å². The summed E-state index contributed by atoms with van der Waals surface area (Å²) in [6.07, 6.45) is -0.427. The number of rotatable bonds is 5. The number of nitrogens with one attached hydrogen (secondary N) is 2. The molecule has 1 atom stereocenters. The molecule has 1 heterocycles. The van der Waals surface area contributed by atoms with Crippen molar-refractivity contribution < 1.29 is 18.7 Å². The molecule has 25 heavy (non-hydrogen) atoms. The Morgan fingerprint density at radius 2 is 1.88 bits per heavy atom. The molecule has 0 radical (unpaired) electrons. The van der Waals surface area contributed by atoms with Gasteiger partial charge in [-0.2, -0.15) is 0 Å². The van der Waals surface area contributed by atoms with Crippen LogP contribution in [0.25, 0.3) is 0 Å². The highest BCUT2D eigenvalue weighted by Gasteiger charge is 2.14. The predicted molar refractivity (Wildman–Crippen MR) is 95.9 cm³/mol. The highest BCUT2D eigenvalue weighted by Crippen LogP contribution is 2.19. The molecular formula is C18H23N3O4. The van der Waals surface area contributed by atoms with Crippen molar-refractivity contribution in [3.8, 4) is 0 Å². The summed E-state index contributed by atoms with van der Waals surface area (Å²) in [5, 5.41) is 5.55. The second kappa shape index (κ2) is 8.23. The fourth-order valence-electron chi connectivity index (χ4n) is 2.22. The summed E-state index contributed by atoms with van der Waals surface area (Å²) in [5.41, 5.74) is 1.28. The van der Waals surface area contributed by atoms with Gasteiger partial charge in [0.25, 0.3) is 0 Å². The molecular weight excluding hydrogens is 322 g/mol. The number of carbonyl (C=O) groups excluding carboxylic acids is 2. The van der Waals surface area contributed by atoms with Crippen LogP contribution in [0.15, 0.2) is 40.8 Å². The van der Waals surface area contributed by atoms with Crippen molar-refractivity contribution in [2.75, 3.05) is 23.9 Å². The number of urea groups is 1. The zero-order valence-corrected chi connectivity index (χ0v) is 14.8. The Morgan fingerprint density at radius 3 is 2.44 bits per heavy atom. The van der Waals surface area contributed by atoms with E-state index in [1.54, 1.807) is 38.2 Å². The van der Waals surface area contributed by atoms with Crippen LogP contribution in [0.5, 0.6) is 0 Å². The molecule has 2 N–H and O–H groups in total. The Hall–Kier alpha value is -2.96. The Kier molecular flexibility index (Phi) is 6.05. The number of hydrogen-bond donors (Lipinski definition) is 2. The molecule has 2 rings (SSSR count). The molecule has 0 spiro atoms. The number of aryl methyl sites for hydroxylation is 1. The lowest BCUT2D eigenvalue weighted by Gasteiger charge is -2.17. The summed E-state index contributed by atoms with van der Waals surface area (Å²) in [6, 6.07) is 9.98. The van der Waals surface area contributed by atoms with Crippen LogP contribution in [0.3, 0.4) is 0 Å². The molecule has 0 saturated carbocycles. The molecule has 0 aliphatic carbocycles. The summed E-state index contributed by atoms with van der Waals surface area (Å²) < 4.78 is 10.4. The van der Waals surface area contributed by atoms with E-state index >= 15 is 0 Å². The first-order chi connectivity index (χ1) is 11.9. The smallest absolute Gasteiger partial charge is 0.413 e. The minimum absolute atomic E-state index is 0.247. The van der Waals surface area contributed by atoms with Gasteiger partial charge in [-0.05, 0) is 57.2 Å². The van der Waals surface area contributed by atoms with Crippen molar-refractivity contribution in [3.05, 3.63) is 47.9 Å². The largest absolute Gasteiger partial charge is 0.464 e. The Labute approximate surface area is 146 Å². The number of benzene rings is 1. The van der Waals surface area contributed by atoms with E-state index in [9.17, 15) is 9.59 Å². The topological polar surface area (TPSA) is 83.8 Å². The first kappa shape index (κ1) is 18.4. The molecule has 0 unspecified atom stereocenters. The van der Waals surface area contributed by atoms with Gasteiger partial charge < -0.3 is 19.8 Å². The molecule has 7 heteroatoms. The second-order valence-corrected chi connectivity index (χ2v) is 5.57. The first-order valence-corrected chi connectivity index (χ1v) is 8.05. The van der Waals surface area contributed by atoms with Gasteiger partial charge in [-0.25, -0.2) is 9.59 Å². The second-order valence-electron chi connectivity index (χ2n) is 5.57. The van der Waals surface area contributed by atoms with Crippen molar-refractivity contribution in [2.24, 2.45) is 0 Å². The first-order valence-electron chi connectivity index (χ1n) is 8.05. The lowest BCUT2D eigenvalue weighted by atomic mass is 10.2. The monoisotopic (exact) mass is 345 g/mol. The molecule has 134 valence electrons. The summed E-state index contributed by atoms with van der Waals surface area (Å²) in [7, 11) is 1.63. The number of hydrogen-bond acceptors (Lipinski definition) is 4. The van der Waals surface area contributed by atoms with Gasteiger partial charge in [0.2, 0.25) is 0 Å². The molecule has 1 aromatic heterocycles. The SMILES string of the molecule is CCOC(=O)N(C)c1ccc(NC(=O)N[C@@H](C)c2ccc(C)o2)cc1. The highest BCUT2D eigenvalue weighted by molar-refractivity contribution is 5.91. The number of furan rings is 1. The third-order valence-electron chi connectivity index (χ3n) is 3.59. The van der Waals surface area contributed by atoms with Gasteiger partial charge in [-0.3, -0.25) is 4.90 Å². The van der Waals surface area contributed by atoms with E-state index in [0.29, 0.717) is 23.7 Å². The molecule has 2 aromatic rings. The Bertz CT molecular complexity index is 724. The van der Waals surface area contributed by atoms with Gasteiger partial charge in [0.1, 0.15) is 11.5 Å². The fourth-order valence-corrected chi connectivity index (χ4v) is 2.22. The summed E-state index contributed by atoms with van der Waals surface area (Å²) >= 11 is 0. The van der Waals surface area contributed by atoms with Gasteiger partial charge in [0, 0.05) is 18.4 Å². The lowest BCUT2D eigenvalue weighted by molar-refractivity contribution is 0.161. The average Bonchev–Trinajstić information content (AvgIpc) is 3.01. The van der Waals surface area contributed by atoms with E-state index in [2.05, 4.69) is 10.6 Å². The van der Waals surface area contributed by atoms with Crippen molar-refractivity contribution in [2.45, 2.75) is 26.8 Å². The van der Waals surface area contributed by atoms with E-state index in [-0.39, 0.29) is 12.1 Å². The van der Waals surface area contributed by atoms with Crippen LogP contribution < -0.4 is 15.5 Å². The molecule has 1 aromatic carbocycles. The molecule has 0 aliphatic rings. The molecule has 3 amide bonds. The summed E-state index contributed by atoms with van der Waals surface area (Å²) in [4.78, 5) is 25.1. The van der Waals surface area contributed by atoms with Crippen molar-refractivity contribution >= 4 is 23.5 Å². The molecule has 0 saturated heterocycles. The van der Waals surface area contributed by atoms with Crippen molar-refractivity contribution in [1.29, 1.82) is 0 Å². The minimum Gasteiger partial charge on any atom is -0.464 e. The van der Waals surface area contributed by atoms with E-state index in [1.165, 1.54) is 4.90 Å². The maximum atomic E-state index is 12.1. The van der Waals surface area contributed by atoms with E-state index < -0.39 is 6.09 Å². The van der Waals surface area contributed by atoms with Gasteiger partial charge in [-0.1, -0.05) is 0 Å². The van der Waals surface area contributed by atoms with Crippen molar-refractivity contribution in [1.82, 2.24) is 5.32 Å². The molecule has 0 bridgehead atoms. The highest BCUT2D eigenvalue weighted by atomic mass is 16.6. The number of carbonyl (C=O) groups is 2. The zero-order valence-electron chi connectivity index (χ0n) is 14.8. The number of ether oxygens (including phenoxy) is 1.